The maximum Gasteiger partial charge on any atom is 0.0640 e. The Hall–Kier alpha value is -6.33. The third-order valence-corrected chi connectivity index (χ3v) is 13.7. The van der Waals surface area contributed by atoms with Gasteiger partial charge in [0, 0.05) is 60.0 Å². The largest absolute Gasteiger partial charge is 0.310 e. The molecule has 2 heterocycles. The summed E-state index contributed by atoms with van der Waals surface area (Å²) in [6, 6.07) is 66.6. The van der Waals surface area contributed by atoms with Gasteiger partial charge in [-0.2, -0.15) is 0 Å². The number of hydrogen-bond donors (Lipinski definition) is 0. The monoisotopic (exact) mass is 752 g/mol. The van der Waals surface area contributed by atoms with Gasteiger partial charge in [0.15, 0.2) is 0 Å². The predicted molar refractivity (Wildman–Crippen MR) is 242 cm³/mol. The Morgan fingerprint density at radius 2 is 1.09 bits per heavy atom. The van der Waals surface area contributed by atoms with Crippen molar-refractivity contribution in [3.05, 3.63) is 212 Å². The summed E-state index contributed by atoms with van der Waals surface area (Å²) in [6.45, 7) is 0. The molecule has 0 amide bonds. The minimum absolute atomic E-state index is 0.426. The van der Waals surface area contributed by atoms with Crippen molar-refractivity contribution in [2.75, 3.05) is 9.80 Å². The molecule has 8 aromatic carbocycles. The van der Waals surface area contributed by atoms with Crippen LogP contribution in [-0.2, 0) is 0 Å². The molecule has 0 saturated heterocycles. The molecule has 2 nitrogen and oxygen atoms in total. The number of thioether (sulfide) groups is 1. The van der Waals surface area contributed by atoms with Gasteiger partial charge in [0.2, 0.25) is 0 Å². The number of allylic oxidation sites excluding steroid dienone is 3. The van der Waals surface area contributed by atoms with E-state index in [0.29, 0.717) is 11.2 Å². The summed E-state index contributed by atoms with van der Waals surface area (Å²) in [5.41, 5.74) is 10.8. The van der Waals surface area contributed by atoms with Gasteiger partial charge < -0.3 is 9.80 Å². The number of nitrogens with zero attached hydrogens (tertiary/aromatic N) is 2. The summed E-state index contributed by atoms with van der Waals surface area (Å²) in [5, 5.41) is 5.49. The Balaban J connectivity index is 1.05. The Kier molecular flexibility index (Phi) is 8.12. The highest BCUT2D eigenvalue weighted by Gasteiger charge is 2.32. The number of rotatable bonds is 7. The third kappa shape index (κ3) is 5.73. The summed E-state index contributed by atoms with van der Waals surface area (Å²) in [4.78, 5) is 6.18. The fourth-order valence-electron chi connectivity index (χ4n) is 8.45. The molecule has 266 valence electrons. The van der Waals surface area contributed by atoms with Gasteiger partial charge in [-0.1, -0.05) is 127 Å². The van der Waals surface area contributed by atoms with Gasteiger partial charge in [-0.15, -0.1) is 23.1 Å². The van der Waals surface area contributed by atoms with Crippen molar-refractivity contribution in [2.45, 2.75) is 16.1 Å². The van der Waals surface area contributed by atoms with Crippen LogP contribution >= 0.6 is 23.1 Å². The first-order chi connectivity index (χ1) is 27.7. The average Bonchev–Trinajstić information content (AvgIpc) is 3.83. The normalized spacial score (nSPS) is 15.6. The number of hydrogen-bond acceptors (Lipinski definition) is 4. The van der Waals surface area contributed by atoms with E-state index < -0.39 is 0 Å². The molecule has 4 heteroatoms. The topological polar surface area (TPSA) is 6.48 Å². The Bertz CT molecular complexity index is 2920. The zero-order valence-electron chi connectivity index (χ0n) is 30.5. The molecule has 0 radical (unpaired) electrons. The summed E-state index contributed by atoms with van der Waals surface area (Å²) >= 11 is 3.86. The van der Waals surface area contributed by atoms with Gasteiger partial charge in [0.1, 0.15) is 0 Å². The SMILES string of the molecule is C1=CC2Sc3cc(N(c4ccc(-c5ccc6ccccc6c5)cc4)c4cccc5c4sc4ccc(N(c6ccccc6)c6ccccc6)cc45)ccc3C2C=C1. The summed E-state index contributed by atoms with van der Waals surface area (Å²) in [5.74, 6) is 0.426. The Labute approximate surface area is 335 Å². The van der Waals surface area contributed by atoms with Crippen LogP contribution in [0.5, 0.6) is 0 Å². The standard InChI is InChI=1S/C52H36N2S2/c1-3-14-39(15-4-1)53(40-16-5-2-6-17-40)42-29-31-50-47(33-42)46-19-11-20-48(52(46)56-50)54(43-28-30-45-44-18-9-10-21-49(44)55-51(45)34-43)41-26-24-36(25-27-41)38-23-22-35-12-7-8-13-37(35)32-38/h1-34,44,49H. The minimum atomic E-state index is 0.426. The van der Waals surface area contributed by atoms with E-state index in [1.807, 2.05) is 23.1 Å². The first-order valence-corrected chi connectivity index (χ1v) is 20.9. The second-order valence-electron chi connectivity index (χ2n) is 14.5. The quantitative estimate of drug-likeness (QED) is 0.160. The van der Waals surface area contributed by atoms with Crippen LogP contribution < -0.4 is 9.80 Å². The van der Waals surface area contributed by atoms with Gasteiger partial charge in [0.25, 0.3) is 0 Å². The number of anilines is 6. The number of para-hydroxylation sites is 2. The van der Waals surface area contributed by atoms with Crippen molar-refractivity contribution in [1.82, 2.24) is 0 Å². The average molecular weight is 753 g/mol. The molecule has 0 fully saturated rings. The van der Waals surface area contributed by atoms with E-state index in [-0.39, 0.29) is 0 Å². The molecule has 9 aromatic rings. The first kappa shape index (κ1) is 33.0. The molecule has 11 rings (SSSR count). The Morgan fingerprint density at radius 1 is 0.429 bits per heavy atom. The summed E-state index contributed by atoms with van der Waals surface area (Å²) in [6.07, 6.45) is 9.09. The highest BCUT2D eigenvalue weighted by atomic mass is 32.2. The molecule has 0 spiro atoms. The lowest BCUT2D eigenvalue weighted by atomic mass is 9.92. The molecular formula is C52H36N2S2. The van der Waals surface area contributed by atoms with Crippen molar-refractivity contribution >= 4 is 88.2 Å². The molecule has 56 heavy (non-hydrogen) atoms. The van der Waals surface area contributed by atoms with Crippen LogP contribution in [0.3, 0.4) is 0 Å². The minimum Gasteiger partial charge on any atom is -0.310 e. The molecule has 1 aliphatic heterocycles. The second kappa shape index (κ2) is 13.8. The lowest BCUT2D eigenvalue weighted by Crippen LogP contribution is -2.10. The van der Waals surface area contributed by atoms with E-state index in [1.54, 1.807) is 0 Å². The van der Waals surface area contributed by atoms with Crippen LogP contribution in [0.1, 0.15) is 11.5 Å². The number of fused-ring (bicyclic) bond motifs is 7. The molecule has 2 unspecified atom stereocenters. The van der Waals surface area contributed by atoms with E-state index in [1.165, 1.54) is 63.9 Å². The van der Waals surface area contributed by atoms with Crippen LogP contribution in [0.4, 0.5) is 34.1 Å². The first-order valence-electron chi connectivity index (χ1n) is 19.2. The van der Waals surface area contributed by atoms with E-state index in [0.717, 1.165) is 22.7 Å². The van der Waals surface area contributed by atoms with Crippen molar-refractivity contribution < 1.29 is 0 Å². The van der Waals surface area contributed by atoms with Gasteiger partial charge in [-0.05, 0) is 106 Å². The summed E-state index contributed by atoms with van der Waals surface area (Å²) in [7, 11) is 0. The van der Waals surface area contributed by atoms with Crippen LogP contribution in [0, 0.1) is 0 Å². The molecule has 1 aliphatic carbocycles. The van der Waals surface area contributed by atoms with Gasteiger partial charge in [-0.25, -0.2) is 0 Å². The van der Waals surface area contributed by atoms with Gasteiger partial charge >= 0.3 is 0 Å². The van der Waals surface area contributed by atoms with Crippen LogP contribution in [0.25, 0.3) is 42.1 Å². The number of thiophene rings is 1. The molecule has 1 aromatic heterocycles. The molecule has 2 aliphatic rings. The molecular weight excluding hydrogens is 717 g/mol. The fraction of sp³-hybridized carbons (Fsp3) is 0.0385. The van der Waals surface area contributed by atoms with E-state index in [2.05, 4.69) is 216 Å². The van der Waals surface area contributed by atoms with Crippen LogP contribution in [0.15, 0.2) is 211 Å². The van der Waals surface area contributed by atoms with E-state index >= 15 is 0 Å². The molecule has 2 atom stereocenters. The van der Waals surface area contributed by atoms with Crippen molar-refractivity contribution in [2.24, 2.45) is 0 Å². The van der Waals surface area contributed by atoms with Crippen LogP contribution in [-0.4, -0.2) is 5.25 Å². The second-order valence-corrected chi connectivity index (χ2v) is 16.8. The smallest absolute Gasteiger partial charge is 0.0640 e. The lowest BCUT2D eigenvalue weighted by molar-refractivity contribution is 0.881. The summed E-state index contributed by atoms with van der Waals surface area (Å²) < 4.78 is 2.55. The lowest BCUT2D eigenvalue weighted by Gasteiger charge is -2.27. The predicted octanol–water partition coefficient (Wildman–Crippen LogP) is 15.5. The van der Waals surface area contributed by atoms with Crippen LogP contribution in [0.2, 0.25) is 0 Å². The zero-order valence-corrected chi connectivity index (χ0v) is 32.1. The van der Waals surface area contributed by atoms with E-state index in [4.69, 9.17) is 0 Å². The van der Waals surface area contributed by atoms with Crippen molar-refractivity contribution in [3.8, 4) is 11.1 Å². The molecule has 0 bridgehead atoms. The maximum atomic E-state index is 2.47. The highest BCUT2D eigenvalue weighted by Crippen LogP contribution is 2.52. The number of benzene rings is 8. The zero-order chi connectivity index (χ0) is 37.0. The molecule has 0 saturated carbocycles. The van der Waals surface area contributed by atoms with E-state index in [9.17, 15) is 0 Å². The fourth-order valence-corrected chi connectivity index (χ4v) is 11.0. The third-order valence-electron chi connectivity index (χ3n) is 11.2. The molecule has 0 N–H and O–H groups in total. The highest BCUT2D eigenvalue weighted by molar-refractivity contribution is 8.00. The Morgan fingerprint density at radius 3 is 1.89 bits per heavy atom. The maximum absolute atomic E-state index is 2.47. The van der Waals surface area contributed by atoms with Crippen molar-refractivity contribution in [1.29, 1.82) is 0 Å². The van der Waals surface area contributed by atoms with Crippen molar-refractivity contribution in [3.63, 3.8) is 0 Å². The van der Waals surface area contributed by atoms with Gasteiger partial charge in [0.05, 0.1) is 10.4 Å². The van der Waals surface area contributed by atoms with Gasteiger partial charge in [-0.3, -0.25) is 0 Å².